The molecule has 0 radical (unpaired) electrons. The number of halogens is 2. The number of ether oxygens (including phenoxy) is 2. The first-order chi connectivity index (χ1) is 40.7. The lowest BCUT2D eigenvalue weighted by molar-refractivity contribution is 0.0232. The fourth-order valence-corrected chi connectivity index (χ4v) is 13.0. The summed E-state index contributed by atoms with van der Waals surface area (Å²) < 4.78 is 51.7. The number of phenolic OH excluding ortho intramolecular Hbond substituents is 2. The number of phenols is 2. The summed E-state index contributed by atoms with van der Waals surface area (Å²) in [5, 5.41) is 28.4. The van der Waals surface area contributed by atoms with Crippen molar-refractivity contribution in [3.63, 3.8) is 0 Å². The molecule has 2 heterocycles. The number of hydrogen-bond acceptors (Lipinski definition) is 4. The Balaban J connectivity index is 1.31. The maximum atomic E-state index is 16.1. The minimum Gasteiger partial charge on any atom is -0.507 e. The summed E-state index contributed by atoms with van der Waals surface area (Å²) in [5.74, 6) is -0.553. The Morgan fingerprint density at radius 2 is 0.739 bits per heavy atom. The molecule has 0 spiro atoms. The molecule has 8 aromatic carbocycles. The van der Waals surface area contributed by atoms with Crippen LogP contribution in [-0.2, 0) is 33.5 Å². The molecule has 0 saturated carbocycles. The zero-order chi connectivity index (χ0) is 64.3. The number of nitrogens with zero attached hydrogens (tertiary/aromatic N) is 2. The predicted molar refractivity (Wildman–Crippen MR) is 366 cm³/mol. The summed E-state index contributed by atoms with van der Waals surface area (Å²) in [5.41, 5.74) is 12.2. The molecule has 8 heteroatoms. The van der Waals surface area contributed by atoms with E-state index in [1.807, 2.05) is 13.0 Å². The maximum Gasteiger partial charge on any atom is 0.238 e. The van der Waals surface area contributed by atoms with Gasteiger partial charge in [-0.05, 0) is 200 Å². The van der Waals surface area contributed by atoms with Gasteiger partial charge in [0.1, 0.15) is 23.1 Å². The van der Waals surface area contributed by atoms with Crippen molar-refractivity contribution < 1.29 is 28.5 Å². The van der Waals surface area contributed by atoms with Gasteiger partial charge in [-0.15, -0.1) is 0 Å². The molecule has 0 bridgehead atoms. The fourth-order valence-electron chi connectivity index (χ4n) is 13.0. The van der Waals surface area contributed by atoms with Crippen LogP contribution in [0.5, 0.6) is 23.0 Å². The molecule has 10 rings (SSSR count). The standard InChI is InChI=1S/C80H94F2N2O4/c1-47(87-72-62(60-44-54(81)26-32-70(60)85)36-48(34-35-74(2,3)4)37-68(72)83-64-28-22-49(76(8,9)10)38-56(64)57-39-50(77(11,12)13)23-29-65(57)83)88-73-63(61-45-55(82)27-33-71(61)86)42-53(80(20,21)46-75(5,6)7)43-69(73)84-66-30-24-51(78(14,15)16)40-58(66)59-41-52(79(17,18)19)25-31-67(59)84/h22-33,36-45,47,85-86H,34-35,46H2,1-21H3/t47-/m0/s1. The molecule has 2 N–H and O–H groups in total. The summed E-state index contributed by atoms with van der Waals surface area (Å²) in [6.07, 6.45) is 1.18. The summed E-state index contributed by atoms with van der Waals surface area (Å²) in [6, 6.07) is 43.4. The van der Waals surface area contributed by atoms with Gasteiger partial charge in [0.2, 0.25) is 6.29 Å². The van der Waals surface area contributed by atoms with Gasteiger partial charge in [0.05, 0.1) is 33.4 Å². The smallest absolute Gasteiger partial charge is 0.238 e. The summed E-state index contributed by atoms with van der Waals surface area (Å²) >= 11 is 0. The van der Waals surface area contributed by atoms with E-state index < -0.39 is 23.3 Å². The number of aryl methyl sites for hydroxylation is 1. The third-order valence-corrected chi connectivity index (χ3v) is 17.7. The van der Waals surface area contributed by atoms with Crippen LogP contribution in [0.15, 0.2) is 133 Å². The van der Waals surface area contributed by atoms with Gasteiger partial charge in [-0.1, -0.05) is 163 Å². The highest BCUT2D eigenvalue weighted by Crippen LogP contribution is 2.51. The highest BCUT2D eigenvalue weighted by Gasteiger charge is 2.34. The molecule has 462 valence electrons. The molecule has 2 aromatic heterocycles. The highest BCUT2D eigenvalue weighted by molar-refractivity contribution is 6.11. The van der Waals surface area contributed by atoms with Crippen LogP contribution < -0.4 is 9.47 Å². The van der Waals surface area contributed by atoms with Gasteiger partial charge in [0.15, 0.2) is 11.5 Å². The van der Waals surface area contributed by atoms with Gasteiger partial charge in [-0.25, -0.2) is 8.78 Å². The topological polar surface area (TPSA) is 68.8 Å². The molecule has 0 aliphatic carbocycles. The van der Waals surface area contributed by atoms with Gasteiger partial charge in [-0.2, -0.15) is 0 Å². The van der Waals surface area contributed by atoms with Crippen molar-refractivity contribution in [2.45, 2.75) is 198 Å². The molecule has 88 heavy (non-hydrogen) atoms. The van der Waals surface area contributed by atoms with Crippen molar-refractivity contribution in [2.75, 3.05) is 0 Å². The first-order valence-corrected chi connectivity index (χ1v) is 31.5. The monoisotopic (exact) mass is 1180 g/mol. The van der Waals surface area contributed by atoms with Crippen molar-refractivity contribution in [3.8, 4) is 56.6 Å². The van der Waals surface area contributed by atoms with Crippen molar-refractivity contribution in [1.29, 1.82) is 0 Å². The quantitative estimate of drug-likeness (QED) is 0.120. The Labute approximate surface area is 522 Å². The van der Waals surface area contributed by atoms with Crippen molar-refractivity contribution in [2.24, 2.45) is 10.8 Å². The third kappa shape index (κ3) is 12.7. The molecule has 0 aliphatic heterocycles. The predicted octanol–water partition coefficient (Wildman–Crippen LogP) is 22.6. The van der Waals surface area contributed by atoms with Gasteiger partial charge < -0.3 is 28.8 Å². The average molecular weight is 1190 g/mol. The van der Waals surface area contributed by atoms with E-state index in [9.17, 15) is 10.2 Å². The van der Waals surface area contributed by atoms with Gasteiger partial charge in [0, 0.05) is 50.7 Å². The molecule has 0 aliphatic rings. The molecule has 0 amide bonds. The van der Waals surface area contributed by atoms with Crippen LogP contribution >= 0.6 is 0 Å². The highest BCUT2D eigenvalue weighted by atomic mass is 19.1. The number of rotatable bonds is 12. The van der Waals surface area contributed by atoms with Crippen LogP contribution in [0.25, 0.3) is 77.2 Å². The fraction of sp³-hybridized carbons (Fsp3) is 0.400. The van der Waals surface area contributed by atoms with Crippen molar-refractivity contribution >= 4 is 43.6 Å². The molecule has 1 atom stereocenters. The van der Waals surface area contributed by atoms with Crippen LogP contribution in [0.4, 0.5) is 8.78 Å². The lowest BCUT2D eigenvalue weighted by Gasteiger charge is -2.34. The summed E-state index contributed by atoms with van der Waals surface area (Å²) in [7, 11) is 0. The summed E-state index contributed by atoms with van der Waals surface area (Å²) in [4.78, 5) is 0. The first-order valence-electron chi connectivity index (χ1n) is 31.5. The molecule has 0 fully saturated rings. The Hall–Kier alpha value is -7.58. The minimum absolute atomic E-state index is 0.0262. The minimum atomic E-state index is -1.14. The first kappa shape index (κ1) is 63.4. The molecule has 0 saturated heterocycles. The largest absolute Gasteiger partial charge is 0.507 e. The summed E-state index contributed by atoms with van der Waals surface area (Å²) in [6.45, 7) is 46.6. The SMILES string of the molecule is C[C@@H](Oc1c(-c2cc(F)ccc2O)cc(CCC(C)(C)C)cc1-n1c2ccc(C(C)(C)C)cc2c2cc(C(C)(C)C)ccc21)Oc1c(-c2cc(F)ccc2O)cc(C(C)(C)CC(C)(C)C)cc1-n1c2ccc(C(C)(C)C)cc2c2cc(C(C)(C)C)ccc21. The van der Waals surface area contributed by atoms with E-state index in [1.54, 1.807) is 0 Å². The van der Waals surface area contributed by atoms with Crippen LogP contribution in [-0.4, -0.2) is 25.6 Å². The van der Waals surface area contributed by atoms with E-state index in [2.05, 4.69) is 239 Å². The van der Waals surface area contributed by atoms with Crippen LogP contribution in [0.1, 0.15) is 192 Å². The number of aromatic nitrogens is 2. The third-order valence-electron chi connectivity index (χ3n) is 17.7. The van der Waals surface area contributed by atoms with Crippen molar-refractivity contribution in [1.82, 2.24) is 9.13 Å². The van der Waals surface area contributed by atoms with E-state index >= 15 is 8.78 Å². The molecule has 10 aromatic rings. The second-order valence-corrected chi connectivity index (χ2v) is 32.3. The molecule has 6 nitrogen and oxygen atoms in total. The van der Waals surface area contributed by atoms with Gasteiger partial charge in [-0.3, -0.25) is 0 Å². The van der Waals surface area contributed by atoms with Crippen LogP contribution in [0.3, 0.4) is 0 Å². The Morgan fingerprint density at radius 3 is 1.08 bits per heavy atom. The lowest BCUT2D eigenvalue weighted by atomic mass is 9.71. The zero-order valence-corrected chi connectivity index (χ0v) is 56.3. The van der Waals surface area contributed by atoms with Crippen molar-refractivity contribution in [3.05, 3.63) is 178 Å². The molecular formula is C80H94F2N2O4. The number of hydrogen-bond donors (Lipinski definition) is 2. The second kappa shape index (κ2) is 22.2. The van der Waals surface area contributed by atoms with E-state index in [1.165, 1.54) is 58.7 Å². The lowest BCUT2D eigenvalue weighted by Crippen LogP contribution is -2.26. The number of fused-ring (bicyclic) bond motifs is 6. The molecular weight excluding hydrogens is 1090 g/mol. The van der Waals surface area contributed by atoms with E-state index in [0.29, 0.717) is 40.4 Å². The van der Waals surface area contributed by atoms with E-state index in [-0.39, 0.29) is 55.1 Å². The van der Waals surface area contributed by atoms with Crippen LogP contribution in [0, 0.1) is 22.5 Å². The Kier molecular flexibility index (Phi) is 16.0. The second-order valence-electron chi connectivity index (χ2n) is 32.3. The van der Waals surface area contributed by atoms with E-state index in [0.717, 1.165) is 67.6 Å². The van der Waals surface area contributed by atoms with Gasteiger partial charge in [0.25, 0.3) is 0 Å². The normalized spacial score (nSPS) is 13.6. The number of aromatic hydroxyl groups is 2. The van der Waals surface area contributed by atoms with E-state index in [4.69, 9.17) is 9.47 Å². The maximum absolute atomic E-state index is 16.1. The number of benzene rings is 8. The molecule has 0 unspecified atom stereocenters. The van der Waals surface area contributed by atoms with Crippen LogP contribution in [0.2, 0.25) is 0 Å². The zero-order valence-electron chi connectivity index (χ0n) is 56.3. The average Bonchev–Trinajstić information content (AvgIpc) is 1.56. The Bertz CT molecular complexity index is 4200. The van der Waals surface area contributed by atoms with Gasteiger partial charge >= 0.3 is 0 Å². The Morgan fingerprint density at radius 1 is 0.386 bits per heavy atom.